The molecule has 0 saturated carbocycles. The number of nitrogens with zero attached hydrogens (tertiary/aromatic N) is 4. The molecule has 0 radical (unpaired) electrons. The van der Waals surface area contributed by atoms with E-state index in [0.717, 1.165) is 61.6 Å². The van der Waals surface area contributed by atoms with Gasteiger partial charge in [0.2, 0.25) is 0 Å². The molecule has 4 nitrogen and oxygen atoms in total. The van der Waals surface area contributed by atoms with Gasteiger partial charge in [-0.15, -0.1) is 0 Å². The highest BCUT2D eigenvalue weighted by atomic mass is 15.0. The summed E-state index contributed by atoms with van der Waals surface area (Å²) in [6.45, 7) is 0. The van der Waals surface area contributed by atoms with E-state index in [4.69, 9.17) is 9.97 Å². The first-order valence-electron chi connectivity index (χ1n) is 19.0. The van der Waals surface area contributed by atoms with Gasteiger partial charge in [0.15, 0.2) is 5.82 Å². The summed E-state index contributed by atoms with van der Waals surface area (Å²) in [7, 11) is 0. The van der Waals surface area contributed by atoms with Crippen LogP contribution in [0.1, 0.15) is 0 Å². The summed E-state index contributed by atoms with van der Waals surface area (Å²) in [6.07, 6.45) is 0. The molecule has 0 unspecified atom stereocenters. The molecule has 3 aromatic heterocycles. The zero-order chi connectivity index (χ0) is 37.0. The molecule has 0 aliphatic rings. The van der Waals surface area contributed by atoms with Crippen LogP contribution in [0.4, 0.5) is 0 Å². The van der Waals surface area contributed by atoms with E-state index in [0.29, 0.717) is 5.82 Å². The summed E-state index contributed by atoms with van der Waals surface area (Å²) in [5.41, 5.74) is 13.9. The Labute approximate surface area is 324 Å². The molecule has 0 aliphatic carbocycles. The predicted octanol–water partition coefficient (Wildman–Crippen LogP) is 13.3. The molecule has 262 valence electrons. The number of rotatable bonds is 6. The molecule has 0 atom stereocenters. The lowest BCUT2D eigenvalue weighted by atomic mass is 9.93. The molecule has 0 N–H and O–H groups in total. The Hall–Kier alpha value is -7.56. The van der Waals surface area contributed by atoms with E-state index in [1.165, 1.54) is 32.6 Å². The fourth-order valence-corrected chi connectivity index (χ4v) is 8.48. The normalized spacial score (nSPS) is 11.6. The highest BCUT2D eigenvalue weighted by Crippen LogP contribution is 2.45. The monoisotopic (exact) mass is 714 g/mol. The number of fused-ring (bicyclic) bond motifs is 6. The van der Waals surface area contributed by atoms with Crippen LogP contribution < -0.4 is 0 Å². The first-order chi connectivity index (χ1) is 27.8. The standard InChI is InChI=1S/C52H34N4/c1-5-18-35(19-6-1)44-34-45(36-20-7-2-8-21-36)54-52(53-44)37-32-43(51-42-27-14-16-30-47(42)56(49(51)33-37)39-24-11-4-12-25-39)40-28-17-31-48-50(40)41-26-13-15-29-46(41)55(48)38-22-9-3-10-23-38/h1-34H. The minimum absolute atomic E-state index is 0.678. The van der Waals surface area contributed by atoms with Gasteiger partial charge >= 0.3 is 0 Å². The molecular formula is C52H34N4. The van der Waals surface area contributed by atoms with Crippen molar-refractivity contribution in [3.05, 3.63) is 206 Å². The SMILES string of the molecule is c1ccc(-c2cc(-c3ccccc3)nc(-c3cc(-c4cccc5c4c4ccccc4n5-c4ccccc4)c4c5ccccc5n(-c5ccccc5)c4c3)n2)cc1. The van der Waals surface area contributed by atoms with Crippen LogP contribution in [0.5, 0.6) is 0 Å². The fourth-order valence-electron chi connectivity index (χ4n) is 8.48. The predicted molar refractivity (Wildman–Crippen MR) is 232 cm³/mol. The summed E-state index contributed by atoms with van der Waals surface area (Å²) >= 11 is 0. The average Bonchev–Trinajstić information content (AvgIpc) is 3.80. The minimum Gasteiger partial charge on any atom is -0.309 e. The van der Waals surface area contributed by atoms with Crippen molar-refractivity contribution in [3.8, 4) is 56.4 Å². The average molecular weight is 715 g/mol. The zero-order valence-corrected chi connectivity index (χ0v) is 30.4. The van der Waals surface area contributed by atoms with Gasteiger partial charge in [0.25, 0.3) is 0 Å². The highest BCUT2D eigenvalue weighted by Gasteiger charge is 2.23. The van der Waals surface area contributed by atoms with Crippen molar-refractivity contribution in [2.75, 3.05) is 0 Å². The maximum atomic E-state index is 5.33. The second-order valence-electron chi connectivity index (χ2n) is 14.2. The summed E-state index contributed by atoms with van der Waals surface area (Å²) in [6, 6.07) is 73.1. The smallest absolute Gasteiger partial charge is 0.160 e. The lowest BCUT2D eigenvalue weighted by Crippen LogP contribution is -1.98. The number of hydrogen-bond acceptors (Lipinski definition) is 2. The molecule has 8 aromatic carbocycles. The van der Waals surface area contributed by atoms with Crippen LogP contribution in [0.2, 0.25) is 0 Å². The summed E-state index contributed by atoms with van der Waals surface area (Å²) < 4.78 is 4.78. The molecule has 4 heteroatoms. The lowest BCUT2D eigenvalue weighted by Gasteiger charge is -2.14. The van der Waals surface area contributed by atoms with Gasteiger partial charge < -0.3 is 9.13 Å². The first kappa shape index (κ1) is 31.9. The molecule has 56 heavy (non-hydrogen) atoms. The summed E-state index contributed by atoms with van der Waals surface area (Å²) in [5.74, 6) is 0.678. The largest absolute Gasteiger partial charge is 0.309 e. The van der Waals surface area contributed by atoms with Gasteiger partial charge in [0, 0.05) is 49.6 Å². The van der Waals surface area contributed by atoms with Gasteiger partial charge in [-0.2, -0.15) is 0 Å². The third kappa shape index (κ3) is 5.15. The van der Waals surface area contributed by atoms with Gasteiger partial charge in [-0.05, 0) is 71.8 Å². The third-order valence-corrected chi connectivity index (χ3v) is 10.9. The van der Waals surface area contributed by atoms with Crippen molar-refractivity contribution in [1.82, 2.24) is 19.1 Å². The minimum atomic E-state index is 0.678. The van der Waals surface area contributed by atoms with Crippen molar-refractivity contribution < 1.29 is 0 Å². The number of hydrogen-bond donors (Lipinski definition) is 0. The van der Waals surface area contributed by atoms with Gasteiger partial charge in [0.05, 0.1) is 33.5 Å². The first-order valence-corrected chi connectivity index (χ1v) is 19.0. The molecule has 0 spiro atoms. The van der Waals surface area contributed by atoms with Crippen LogP contribution in [-0.2, 0) is 0 Å². The van der Waals surface area contributed by atoms with E-state index in [9.17, 15) is 0 Å². The summed E-state index contributed by atoms with van der Waals surface area (Å²) in [4.78, 5) is 10.7. The summed E-state index contributed by atoms with van der Waals surface area (Å²) in [5, 5.41) is 4.81. The Kier molecular flexibility index (Phi) is 7.46. The molecule has 0 saturated heterocycles. The zero-order valence-electron chi connectivity index (χ0n) is 30.4. The second-order valence-corrected chi connectivity index (χ2v) is 14.2. The van der Waals surface area contributed by atoms with Crippen LogP contribution in [0, 0.1) is 0 Å². The molecular weight excluding hydrogens is 681 g/mol. The second kappa shape index (κ2) is 13.1. The van der Waals surface area contributed by atoms with E-state index in [-0.39, 0.29) is 0 Å². The number of aromatic nitrogens is 4. The molecule has 0 amide bonds. The highest BCUT2D eigenvalue weighted by molar-refractivity contribution is 6.23. The molecule has 3 heterocycles. The Bertz CT molecular complexity index is 3160. The van der Waals surface area contributed by atoms with Crippen LogP contribution >= 0.6 is 0 Å². The van der Waals surface area contributed by atoms with Crippen LogP contribution in [0.3, 0.4) is 0 Å². The Morgan fingerprint density at radius 2 is 0.750 bits per heavy atom. The number of benzene rings is 8. The van der Waals surface area contributed by atoms with E-state index >= 15 is 0 Å². The van der Waals surface area contributed by atoms with E-state index in [1.807, 2.05) is 12.1 Å². The van der Waals surface area contributed by atoms with Crippen molar-refractivity contribution in [1.29, 1.82) is 0 Å². The fraction of sp³-hybridized carbons (Fsp3) is 0. The van der Waals surface area contributed by atoms with E-state index in [1.54, 1.807) is 0 Å². The van der Waals surface area contributed by atoms with Gasteiger partial charge in [-0.3, -0.25) is 0 Å². The van der Waals surface area contributed by atoms with Crippen molar-refractivity contribution in [3.63, 3.8) is 0 Å². The van der Waals surface area contributed by atoms with E-state index in [2.05, 4.69) is 203 Å². The molecule has 11 aromatic rings. The van der Waals surface area contributed by atoms with Gasteiger partial charge in [-0.25, -0.2) is 9.97 Å². The van der Waals surface area contributed by atoms with Crippen molar-refractivity contribution >= 4 is 43.6 Å². The van der Waals surface area contributed by atoms with Crippen LogP contribution in [0.25, 0.3) is 100 Å². The Morgan fingerprint density at radius 3 is 1.30 bits per heavy atom. The molecule has 11 rings (SSSR count). The van der Waals surface area contributed by atoms with E-state index < -0.39 is 0 Å². The van der Waals surface area contributed by atoms with Crippen molar-refractivity contribution in [2.24, 2.45) is 0 Å². The third-order valence-electron chi connectivity index (χ3n) is 10.9. The maximum Gasteiger partial charge on any atom is 0.160 e. The van der Waals surface area contributed by atoms with Gasteiger partial charge in [-0.1, -0.05) is 146 Å². The molecule has 0 bridgehead atoms. The van der Waals surface area contributed by atoms with Crippen LogP contribution in [-0.4, -0.2) is 19.1 Å². The maximum absolute atomic E-state index is 5.33. The number of para-hydroxylation sites is 4. The Balaban J connectivity index is 1.28. The van der Waals surface area contributed by atoms with Gasteiger partial charge in [0.1, 0.15) is 0 Å². The van der Waals surface area contributed by atoms with Crippen LogP contribution in [0.15, 0.2) is 206 Å². The quantitative estimate of drug-likeness (QED) is 0.172. The van der Waals surface area contributed by atoms with Crippen molar-refractivity contribution in [2.45, 2.75) is 0 Å². The Morgan fingerprint density at radius 1 is 0.304 bits per heavy atom. The topological polar surface area (TPSA) is 35.6 Å². The lowest BCUT2D eigenvalue weighted by molar-refractivity contribution is 1.17. The molecule has 0 fully saturated rings. The molecule has 0 aliphatic heterocycles.